The summed E-state index contributed by atoms with van der Waals surface area (Å²) in [6, 6.07) is 10.7. The summed E-state index contributed by atoms with van der Waals surface area (Å²) < 4.78 is 46.4. The molecule has 2 aromatic rings. The van der Waals surface area contributed by atoms with Crippen molar-refractivity contribution < 1.29 is 17.5 Å². The zero-order valence-corrected chi connectivity index (χ0v) is 10.7. The maximum atomic E-state index is 12.8. The highest BCUT2D eigenvalue weighted by atomic mass is 32.9. The van der Waals surface area contributed by atoms with E-state index in [0.717, 1.165) is 0 Å². The van der Waals surface area contributed by atoms with Crippen molar-refractivity contribution in [3.05, 3.63) is 60.2 Å². The summed E-state index contributed by atoms with van der Waals surface area (Å²) in [7, 11) is -3.26. The van der Waals surface area contributed by atoms with E-state index in [1.165, 1.54) is 48.5 Å². The highest BCUT2D eigenvalue weighted by molar-refractivity contribution is 8.36. The molecule has 0 bridgehead atoms. The number of hydrogen-bond acceptors (Lipinski definition) is 2. The lowest BCUT2D eigenvalue weighted by atomic mass is 10.3. The lowest BCUT2D eigenvalue weighted by Crippen LogP contribution is -1.97. The minimum atomic E-state index is -2.14. The van der Waals surface area contributed by atoms with E-state index in [1.54, 1.807) is 0 Å². The van der Waals surface area contributed by atoms with Gasteiger partial charge in [0.15, 0.2) is 0 Å². The van der Waals surface area contributed by atoms with Gasteiger partial charge in [-0.15, -0.1) is 9.64 Å². The number of halogens is 2. The summed E-state index contributed by atoms with van der Waals surface area (Å²) in [6.07, 6.45) is 0. The monoisotopic (exact) mass is 287 g/mol. The summed E-state index contributed by atoms with van der Waals surface area (Å²) in [5.41, 5.74) is 0. The third kappa shape index (κ3) is 2.95. The van der Waals surface area contributed by atoms with Crippen LogP contribution >= 0.6 is 0 Å². The largest absolute Gasteiger partial charge is 0.462 e. The molecule has 96 valence electrons. The normalized spacial score (nSPS) is 11.2. The molecule has 0 aliphatic carbocycles. The van der Waals surface area contributed by atoms with Gasteiger partial charge in [0.2, 0.25) is 0 Å². The highest BCUT2D eigenvalue weighted by Gasteiger charge is 2.01. The van der Waals surface area contributed by atoms with E-state index < -0.39 is 30.7 Å². The van der Waals surface area contributed by atoms with Crippen molar-refractivity contribution in [3.63, 3.8) is 0 Å². The van der Waals surface area contributed by atoms with Crippen LogP contribution in [-0.4, -0.2) is 4.55 Å². The van der Waals surface area contributed by atoms with Crippen LogP contribution in [-0.2, 0) is 23.3 Å². The number of hydrogen-bond donors (Lipinski definition) is 1. The molecule has 2 rings (SSSR count). The molecule has 2 aromatic carbocycles. The molecule has 6 heteroatoms. The van der Waals surface area contributed by atoms with Crippen LogP contribution in [0.4, 0.5) is 8.78 Å². The molecule has 0 saturated heterocycles. The fourth-order valence-corrected chi connectivity index (χ4v) is 4.44. The van der Waals surface area contributed by atoms with E-state index >= 15 is 0 Å². The number of rotatable bonds is 2. The van der Waals surface area contributed by atoms with Gasteiger partial charge in [0.25, 0.3) is 0 Å². The van der Waals surface area contributed by atoms with Crippen molar-refractivity contribution in [3.8, 4) is 0 Å². The topological polar surface area (TPSA) is 37.3 Å². The molecule has 18 heavy (non-hydrogen) atoms. The third-order valence-electron chi connectivity index (χ3n) is 2.20. The van der Waals surface area contributed by atoms with E-state index in [9.17, 15) is 17.5 Å². The van der Waals surface area contributed by atoms with Gasteiger partial charge in [-0.05, 0) is 58.3 Å². The van der Waals surface area contributed by atoms with Gasteiger partial charge in [-0.25, -0.2) is 8.78 Å². The average molecular weight is 287 g/mol. The fourth-order valence-electron chi connectivity index (χ4n) is 1.42. The van der Waals surface area contributed by atoms with Gasteiger partial charge < -0.3 is 8.76 Å². The molecule has 0 amide bonds. The van der Waals surface area contributed by atoms with Crippen molar-refractivity contribution in [2.45, 2.75) is 9.79 Å². The standard InChI is InChI=1S/C12H9F2O2S2/c13-9-1-5-11(6-2-9)17(18(15)16)12-7-3-10(14)4-8-12/h1-8H,(H,15,16)/q-1. The van der Waals surface area contributed by atoms with Crippen LogP contribution < -0.4 is 0 Å². The Morgan fingerprint density at radius 3 is 1.44 bits per heavy atom. The van der Waals surface area contributed by atoms with Crippen LogP contribution in [0.15, 0.2) is 58.3 Å². The first-order valence-corrected chi connectivity index (χ1v) is 7.79. The summed E-state index contributed by atoms with van der Waals surface area (Å²) in [5.74, 6) is -0.824. The summed E-state index contributed by atoms with van der Waals surface area (Å²) in [5, 5.41) is 0. The van der Waals surface area contributed by atoms with Crippen molar-refractivity contribution in [1.29, 1.82) is 0 Å². The van der Waals surface area contributed by atoms with Gasteiger partial charge in [0.1, 0.15) is 11.6 Å². The molecule has 0 fully saturated rings. The van der Waals surface area contributed by atoms with Crippen LogP contribution in [0.25, 0.3) is 0 Å². The van der Waals surface area contributed by atoms with Crippen LogP contribution in [0.2, 0.25) is 0 Å². The minimum absolute atomic E-state index is 0.412. The zero-order valence-electron chi connectivity index (χ0n) is 9.05. The first-order chi connectivity index (χ1) is 8.58. The lowest BCUT2D eigenvalue weighted by Gasteiger charge is -2.15. The molecular weight excluding hydrogens is 278 g/mol. The van der Waals surface area contributed by atoms with Gasteiger partial charge in [0.05, 0.1) is 0 Å². The molecule has 0 radical (unpaired) electrons. The minimum Gasteiger partial charge on any atom is -0.462 e. The maximum Gasteiger partial charge on any atom is 0.123 e. The van der Waals surface area contributed by atoms with Gasteiger partial charge in [-0.2, -0.15) is 9.45 Å². The predicted octanol–water partition coefficient (Wildman–Crippen LogP) is 3.35. The van der Waals surface area contributed by atoms with Crippen LogP contribution in [0.3, 0.4) is 0 Å². The van der Waals surface area contributed by atoms with Crippen molar-refractivity contribution in [2.75, 3.05) is 0 Å². The molecule has 1 N–H and O–H groups in total. The molecule has 0 aromatic heterocycles. The van der Waals surface area contributed by atoms with E-state index in [2.05, 4.69) is 0 Å². The second-order valence-electron chi connectivity index (χ2n) is 3.39. The highest BCUT2D eigenvalue weighted by Crippen LogP contribution is 2.19. The molecule has 0 saturated carbocycles. The molecule has 0 aliphatic heterocycles. The van der Waals surface area contributed by atoms with Crippen molar-refractivity contribution >= 4 is 19.1 Å². The van der Waals surface area contributed by atoms with Crippen LogP contribution in [0.5, 0.6) is 0 Å². The molecule has 0 atom stereocenters. The van der Waals surface area contributed by atoms with Gasteiger partial charge >= 0.3 is 0 Å². The summed E-state index contributed by atoms with van der Waals surface area (Å²) in [4.78, 5) is 1.06. The molecule has 0 spiro atoms. The Hall–Kier alpha value is -1.24. The van der Waals surface area contributed by atoms with Crippen LogP contribution in [0.1, 0.15) is 0 Å². The lowest BCUT2D eigenvalue weighted by molar-refractivity contribution is 0.535. The van der Waals surface area contributed by atoms with E-state index in [0.29, 0.717) is 9.79 Å². The van der Waals surface area contributed by atoms with Crippen molar-refractivity contribution in [2.24, 2.45) is 0 Å². The van der Waals surface area contributed by atoms with E-state index in [1.807, 2.05) is 0 Å². The molecular formula is C12H9F2O2S2-. The second kappa shape index (κ2) is 5.60. The third-order valence-corrected chi connectivity index (χ3v) is 5.89. The molecule has 0 aliphatic rings. The summed E-state index contributed by atoms with van der Waals surface area (Å²) >= 11 is 0. The molecule has 0 unspecified atom stereocenters. The Kier molecular flexibility index (Phi) is 4.11. The smallest absolute Gasteiger partial charge is 0.123 e. The summed E-state index contributed by atoms with van der Waals surface area (Å²) in [6.45, 7) is 0. The van der Waals surface area contributed by atoms with E-state index in [-0.39, 0.29) is 0 Å². The van der Waals surface area contributed by atoms with Gasteiger partial charge in [0, 0.05) is 0 Å². The van der Waals surface area contributed by atoms with Gasteiger partial charge in [-0.1, -0.05) is 0 Å². The average Bonchev–Trinajstić information content (AvgIpc) is 2.34. The zero-order chi connectivity index (χ0) is 13.1. The predicted molar refractivity (Wildman–Crippen MR) is 67.4 cm³/mol. The Morgan fingerprint density at radius 1 is 0.833 bits per heavy atom. The Labute approximate surface area is 107 Å². The Balaban J connectivity index is 2.55. The second-order valence-corrected chi connectivity index (χ2v) is 7.16. The van der Waals surface area contributed by atoms with Gasteiger partial charge in [-0.3, -0.25) is 0 Å². The molecule has 0 heterocycles. The maximum absolute atomic E-state index is 12.8. The Bertz CT molecular complexity index is 583. The van der Waals surface area contributed by atoms with Crippen molar-refractivity contribution in [1.82, 2.24) is 0 Å². The molecule has 2 nitrogen and oxygen atoms in total. The first-order valence-electron chi connectivity index (χ1n) is 4.94. The fraction of sp³-hybridized carbons (Fsp3) is 0. The SMILES string of the molecule is O=[S-](O)=S(c1ccc(F)cc1)c1ccc(F)cc1. The Morgan fingerprint density at radius 2 is 1.17 bits per heavy atom. The number of benzene rings is 2. The quantitative estimate of drug-likeness (QED) is 0.679. The first kappa shape index (κ1) is 13.2. The van der Waals surface area contributed by atoms with E-state index in [4.69, 9.17) is 0 Å². The van der Waals surface area contributed by atoms with Crippen LogP contribution in [0, 0.1) is 11.6 Å².